The van der Waals surface area contributed by atoms with E-state index < -0.39 is 17.7 Å². The Labute approximate surface area is 122 Å². The third kappa shape index (κ3) is 3.64. The third-order valence-electron chi connectivity index (χ3n) is 3.53. The number of nitrogens with one attached hydrogen (secondary N) is 1. The first-order valence-corrected chi connectivity index (χ1v) is 6.95. The average molecular weight is 293 g/mol. The van der Waals surface area contributed by atoms with E-state index >= 15 is 0 Å². The van der Waals surface area contributed by atoms with Crippen LogP contribution in [0.4, 0.5) is 13.2 Å². The van der Waals surface area contributed by atoms with Gasteiger partial charge in [-0.05, 0) is 55.3 Å². The van der Waals surface area contributed by atoms with E-state index in [1.165, 1.54) is 30.3 Å². The predicted octanol–water partition coefficient (Wildman–Crippen LogP) is 4.31. The van der Waals surface area contributed by atoms with E-state index in [4.69, 9.17) is 0 Å². The van der Waals surface area contributed by atoms with Gasteiger partial charge < -0.3 is 5.32 Å². The van der Waals surface area contributed by atoms with Gasteiger partial charge >= 0.3 is 0 Å². The highest BCUT2D eigenvalue weighted by Crippen LogP contribution is 2.25. The topological polar surface area (TPSA) is 12.0 Å². The van der Waals surface area contributed by atoms with Crippen LogP contribution in [0.5, 0.6) is 0 Å². The van der Waals surface area contributed by atoms with Gasteiger partial charge in [0.15, 0.2) is 0 Å². The molecule has 2 rings (SSSR count). The summed E-state index contributed by atoms with van der Waals surface area (Å²) >= 11 is 0. The highest BCUT2D eigenvalue weighted by Gasteiger charge is 2.20. The second-order valence-corrected chi connectivity index (χ2v) is 5.02. The maximum Gasteiger partial charge on any atom is 0.130 e. The minimum atomic E-state index is -0.569. The monoisotopic (exact) mass is 293 g/mol. The van der Waals surface area contributed by atoms with Crippen LogP contribution < -0.4 is 5.32 Å². The van der Waals surface area contributed by atoms with Crippen LogP contribution >= 0.6 is 0 Å². The zero-order valence-corrected chi connectivity index (χ0v) is 12.1. The summed E-state index contributed by atoms with van der Waals surface area (Å²) in [6.07, 6.45) is 0.401. The van der Waals surface area contributed by atoms with Crippen LogP contribution in [0.3, 0.4) is 0 Å². The molecular formula is C17H18F3N. The number of hydrogen-bond donors (Lipinski definition) is 1. The van der Waals surface area contributed by atoms with Crippen LogP contribution in [0, 0.1) is 24.4 Å². The molecule has 0 aliphatic carbocycles. The van der Waals surface area contributed by atoms with Crippen molar-refractivity contribution in [3.8, 4) is 0 Å². The molecule has 1 atom stereocenters. The molecule has 0 heterocycles. The Bertz CT molecular complexity index is 605. The van der Waals surface area contributed by atoms with Crippen molar-refractivity contribution in [3.05, 3.63) is 70.5 Å². The first-order chi connectivity index (χ1) is 10.0. The Hall–Kier alpha value is -1.81. The SMILES string of the molecule is CCNC(Cc1ccc(F)cc1C)c1c(F)cccc1F. The molecular weight excluding hydrogens is 275 g/mol. The van der Waals surface area contributed by atoms with E-state index in [2.05, 4.69) is 5.32 Å². The maximum atomic E-state index is 14.0. The van der Waals surface area contributed by atoms with Crippen molar-refractivity contribution in [2.75, 3.05) is 6.54 Å². The smallest absolute Gasteiger partial charge is 0.130 e. The van der Waals surface area contributed by atoms with E-state index in [0.717, 1.165) is 11.1 Å². The molecule has 2 aromatic carbocycles. The van der Waals surface area contributed by atoms with E-state index in [-0.39, 0.29) is 11.4 Å². The van der Waals surface area contributed by atoms with Gasteiger partial charge in [-0.3, -0.25) is 0 Å². The molecule has 1 N–H and O–H groups in total. The highest BCUT2D eigenvalue weighted by atomic mass is 19.1. The Morgan fingerprint density at radius 3 is 2.29 bits per heavy atom. The van der Waals surface area contributed by atoms with Crippen molar-refractivity contribution in [1.82, 2.24) is 5.32 Å². The van der Waals surface area contributed by atoms with Gasteiger partial charge in [0, 0.05) is 11.6 Å². The fourth-order valence-corrected chi connectivity index (χ4v) is 2.47. The van der Waals surface area contributed by atoms with Gasteiger partial charge in [0.2, 0.25) is 0 Å². The van der Waals surface area contributed by atoms with Crippen LogP contribution in [-0.2, 0) is 6.42 Å². The first-order valence-electron chi connectivity index (χ1n) is 6.95. The summed E-state index contributed by atoms with van der Waals surface area (Å²) in [7, 11) is 0. The van der Waals surface area contributed by atoms with Gasteiger partial charge in [0.1, 0.15) is 17.5 Å². The number of aryl methyl sites for hydroxylation is 1. The minimum Gasteiger partial charge on any atom is -0.310 e. The predicted molar refractivity (Wildman–Crippen MR) is 77.6 cm³/mol. The summed E-state index contributed by atoms with van der Waals surface area (Å²) in [5.41, 5.74) is 1.67. The molecule has 0 aliphatic heterocycles. The molecule has 0 aromatic heterocycles. The maximum absolute atomic E-state index is 14.0. The van der Waals surface area contributed by atoms with Crippen molar-refractivity contribution in [1.29, 1.82) is 0 Å². The molecule has 112 valence electrons. The number of rotatable bonds is 5. The summed E-state index contributed by atoms with van der Waals surface area (Å²) in [4.78, 5) is 0. The molecule has 0 spiro atoms. The summed E-state index contributed by atoms with van der Waals surface area (Å²) in [6, 6.07) is 7.81. The Morgan fingerprint density at radius 1 is 1.05 bits per heavy atom. The fraction of sp³-hybridized carbons (Fsp3) is 0.294. The normalized spacial score (nSPS) is 12.4. The largest absolute Gasteiger partial charge is 0.310 e. The molecule has 4 heteroatoms. The lowest BCUT2D eigenvalue weighted by molar-refractivity contribution is 0.472. The summed E-state index contributed by atoms with van der Waals surface area (Å²) < 4.78 is 41.1. The molecule has 0 aliphatic rings. The lowest BCUT2D eigenvalue weighted by atomic mass is 9.95. The molecule has 1 unspecified atom stereocenters. The van der Waals surface area contributed by atoms with E-state index in [1.54, 1.807) is 13.0 Å². The third-order valence-corrected chi connectivity index (χ3v) is 3.53. The minimum absolute atomic E-state index is 0.0306. The lowest BCUT2D eigenvalue weighted by Gasteiger charge is -2.20. The van der Waals surface area contributed by atoms with Gasteiger partial charge in [0.25, 0.3) is 0 Å². The highest BCUT2D eigenvalue weighted by molar-refractivity contribution is 5.31. The summed E-state index contributed by atoms with van der Waals surface area (Å²) in [6.45, 7) is 4.25. The lowest BCUT2D eigenvalue weighted by Crippen LogP contribution is -2.25. The van der Waals surface area contributed by atoms with Gasteiger partial charge in [0.05, 0.1) is 0 Å². The molecule has 0 radical (unpaired) electrons. The van der Waals surface area contributed by atoms with Gasteiger partial charge in [-0.25, -0.2) is 13.2 Å². The molecule has 1 nitrogen and oxygen atoms in total. The number of benzene rings is 2. The van der Waals surface area contributed by atoms with Gasteiger partial charge in [-0.15, -0.1) is 0 Å². The molecule has 0 saturated heterocycles. The molecule has 21 heavy (non-hydrogen) atoms. The van der Waals surface area contributed by atoms with E-state index in [1.807, 2.05) is 6.92 Å². The van der Waals surface area contributed by atoms with Crippen molar-refractivity contribution in [3.63, 3.8) is 0 Å². The van der Waals surface area contributed by atoms with Crippen molar-refractivity contribution in [2.45, 2.75) is 26.3 Å². The Morgan fingerprint density at radius 2 is 1.71 bits per heavy atom. The zero-order valence-electron chi connectivity index (χ0n) is 12.1. The van der Waals surface area contributed by atoms with Gasteiger partial charge in [-0.1, -0.05) is 19.1 Å². The molecule has 0 amide bonds. The zero-order chi connectivity index (χ0) is 15.4. The number of halogens is 3. The van der Waals surface area contributed by atoms with Gasteiger partial charge in [-0.2, -0.15) is 0 Å². The molecule has 0 fully saturated rings. The van der Waals surface area contributed by atoms with Crippen molar-refractivity contribution in [2.24, 2.45) is 0 Å². The second kappa shape index (κ2) is 6.76. The number of likely N-dealkylation sites (N-methyl/N-ethyl adjacent to an activating group) is 1. The first kappa shape index (κ1) is 15.6. The van der Waals surface area contributed by atoms with Crippen LogP contribution in [0.15, 0.2) is 36.4 Å². The molecule has 0 saturated carbocycles. The Balaban J connectivity index is 2.35. The molecule has 2 aromatic rings. The second-order valence-electron chi connectivity index (χ2n) is 5.02. The van der Waals surface area contributed by atoms with E-state index in [0.29, 0.717) is 13.0 Å². The fourth-order valence-electron chi connectivity index (χ4n) is 2.47. The van der Waals surface area contributed by atoms with Crippen LogP contribution in [-0.4, -0.2) is 6.54 Å². The summed E-state index contributed by atoms with van der Waals surface area (Å²) in [5.74, 6) is -1.45. The van der Waals surface area contributed by atoms with Crippen LogP contribution in [0.1, 0.15) is 29.7 Å². The van der Waals surface area contributed by atoms with Crippen molar-refractivity contribution < 1.29 is 13.2 Å². The quantitative estimate of drug-likeness (QED) is 0.866. The number of hydrogen-bond acceptors (Lipinski definition) is 1. The molecule has 0 bridgehead atoms. The van der Waals surface area contributed by atoms with Crippen LogP contribution in [0.2, 0.25) is 0 Å². The summed E-state index contributed by atoms with van der Waals surface area (Å²) in [5, 5.41) is 3.10. The Kier molecular flexibility index (Phi) is 5.02. The van der Waals surface area contributed by atoms with Crippen LogP contribution in [0.25, 0.3) is 0 Å². The van der Waals surface area contributed by atoms with E-state index in [9.17, 15) is 13.2 Å². The standard InChI is InChI=1S/C17H18F3N/c1-3-21-16(17-14(19)5-4-6-15(17)20)10-12-7-8-13(18)9-11(12)2/h4-9,16,21H,3,10H2,1-2H3. The van der Waals surface area contributed by atoms with Crippen molar-refractivity contribution >= 4 is 0 Å². The average Bonchev–Trinajstić information content (AvgIpc) is 2.41.